The molecule has 2 rings (SSSR count). The molecule has 0 amide bonds. The molecule has 1 fully saturated rings. The van der Waals surface area contributed by atoms with Gasteiger partial charge in [-0.25, -0.2) is 4.98 Å². The fourth-order valence-electron chi connectivity index (χ4n) is 2.39. The molecule has 0 atom stereocenters. The van der Waals surface area contributed by atoms with Crippen molar-refractivity contribution in [2.45, 2.75) is 19.3 Å². The van der Waals surface area contributed by atoms with Gasteiger partial charge in [0.05, 0.1) is 0 Å². The molecule has 1 aromatic heterocycles. The molecule has 1 aliphatic rings. The van der Waals surface area contributed by atoms with Crippen LogP contribution in [0.15, 0.2) is 18.3 Å². The lowest BCUT2D eigenvalue weighted by molar-refractivity contribution is 0.372. The molecular formula is C13H21N3. The van der Waals surface area contributed by atoms with Crippen LogP contribution in [0.3, 0.4) is 0 Å². The van der Waals surface area contributed by atoms with Crippen LogP contribution in [0.4, 0.5) is 5.82 Å². The van der Waals surface area contributed by atoms with E-state index in [9.17, 15) is 0 Å². The van der Waals surface area contributed by atoms with Crippen molar-refractivity contribution in [3.05, 3.63) is 23.9 Å². The summed E-state index contributed by atoms with van der Waals surface area (Å²) in [5, 5.41) is 3.41. The summed E-state index contributed by atoms with van der Waals surface area (Å²) in [5.41, 5.74) is 1.39. The maximum Gasteiger partial charge on any atom is 0.131 e. The number of nitrogens with one attached hydrogen (secondary N) is 1. The van der Waals surface area contributed by atoms with Crippen LogP contribution in [0.5, 0.6) is 0 Å². The highest BCUT2D eigenvalue weighted by atomic mass is 15.1. The van der Waals surface area contributed by atoms with E-state index in [2.05, 4.69) is 35.4 Å². The van der Waals surface area contributed by atoms with Crippen molar-refractivity contribution in [3.8, 4) is 0 Å². The predicted octanol–water partition coefficient (Wildman–Crippen LogP) is 1.69. The zero-order valence-electron chi connectivity index (χ0n) is 10.2. The number of rotatable bonds is 3. The van der Waals surface area contributed by atoms with Crippen molar-refractivity contribution < 1.29 is 0 Å². The molecule has 88 valence electrons. The topological polar surface area (TPSA) is 28.2 Å². The monoisotopic (exact) mass is 219 g/mol. The number of hydrogen-bond acceptors (Lipinski definition) is 3. The molecule has 1 aliphatic heterocycles. The molecule has 0 radical (unpaired) electrons. The average molecular weight is 219 g/mol. The summed E-state index contributed by atoms with van der Waals surface area (Å²) in [6.07, 6.45) is 5.63. The molecule has 3 heteroatoms. The van der Waals surface area contributed by atoms with Gasteiger partial charge in [0, 0.05) is 20.3 Å². The predicted molar refractivity (Wildman–Crippen MR) is 67.9 cm³/mol. The summed E-state index contributed by atoms with van der Waals surface area (Å²) in [6.45, 7) is 2.34. The van der Waals surface area contributed by atoms with Gasteiger partial charge < -0.3 is 10.2 Å². The molecule has 1 aromatic rings. The van der Waals surface area contributed by atoms with Gasteiger partial charge in [-0.2, -0.15) is 0 Å². The van der Waals surface area contributed by atoms with E-state index < -0.39 is 0 Å². The molecule has 2 heterocycles. The van der Waals surface area contributed by atoms with Crippen LogP contribution in [0.2, 0.25) is 0 Å². The van der Waals surface area contributed by atoms with Crippen LogP contribution in [0.25, 0.3) is 0 Å². The molecule has 0 unspecified atom stereocenters. The van der Waals surface area contributed by atoms with E-state index in [0.29, 0.717) is 0 Å². The van der Waals surface area contributed by atoms with E-state index in [4.69, 9.17) is 0 Å². The maximum atomic E-state index is 4.45. The lowest BCUT2D eigenvalue weighted by Crippen LogP contribution is -2.29. The van der Waals surface area contributed by atoms with Gasteiger partial charge >= 0.3 is 0 Å². The van der Waals surface area contributed by atoms with E-state index in [1.165, 1.54) is 37.9 Å². The Hall–Kier alpha value is -1.09. The van der Waals surface area contributed by atoms with Crippen molar-refractivity contribution in [1.29, 1.82) is 0 Å². The number of aromatic nitrogens is 1. The van der Waals surface area contributed by atoms with Crippen molar-refractivity contribution >= 4 is 5.82 Å². The Kier molecular flexibility index (Phi) is 3.78. The Morgan fingerprint density at radius 3 is 2.81 bits per heavy atom. The Balaban J connectivity index is 2.07. The molecule has 0 bridgehead atoms. The highest BCUT2D eigenvalue weighted by Gasteiger charge is 2.16. The summed E-state index contributed by atoms with van der Waals surface area (Å²) < 4.78 is 0. The molecule has 1 saturated heterocycles. The van der Waals surface area contributed by atoms with E-state index in [1.54, 1.807) is 0 Å². The van der Waals surface area contributed by atoms with Crippen LogP contribution < -0.4 is 10.2 Å². The van der Waals surface area contributed by atoms with Gasteiger partial charge in [-0.05, 0) is 49.9 Å². The van der Waals surface area contributed by atoms with Gasteiger partial charge in [0.2, 0.25) is 0 Å². The molecule has 3 nitrogen and oxygen atoms in total. The maximum absolute atomic E-state index is 4.45. The molecule has 16 heavy (non-hydrogen) atoms. The van der Waals surface area contributed by atoms with E-state index in [1.807, 2.05) is 12.3 Å². The van der Waals surface area contributed by atoms with Gasteiger partial charge in [0.25, 0.3) is 0 Å². The molecular weight excluding hydrogens is 198 g/mol. The van der Waals surface area contributed by atoms with E-state index >= 15 is 0 Å². The number of pyridine rings is 1. The number of nitrogens with zero attached hydrogens (tertiary/aromatic N) is 2. The zero-order chi connectivity index (χ0) is 11.4. The third-order valence-corrected chi connectivity index (χ3v) is 3.26. The Labute approximate surface area is 97.9 Å². The zero-order valence-corrected chi connectivity index (χ0v) is 10.2. The number of anilines is 1. The second-order valence-electron chi connectivity index (χ2n) is 4.78. The Morgan fingerprint density at radius 2 is 2.12 bits per heavy atom. The highest BCUT2D eigenvalue weighted by molar-refractivity contribution is 5.45. The summed E-state index contributed by atoms with van der Waals surface area (Å²) >= 11 is 0. The van der Waals surface area contributed by atoms with Crippen molar-refractivity contribution in [2.24, 2.45) is 5.92 Å². The van der Waals surface area contributed by atoms with Crippen LogP contribution >= 0.6 is 0 Å². The van der Waals surface area contributed by atoms with Gasteiger partial charge in [-0.1, -0.05) is 6.07 Å². The average Bonchev–Trinajstić information content (AvgIpc) is 2.31. The largest absolute Gasteiger partial charge is 0.363 e. The quantitative estimate of drug-likeness (QED) is 0.838. The van der Waals surface area contributed by atoms with Crippen LogP contribution in [0.1, 0.15) is 18.4 Å². The first kappa shape index (κ1) is 11.4. The van der Waals surface area contributed by atoms with Crippen LogP contribution in [-0.4, -0.2) is 32.2 Å². The van der Waals surface area contributed by atoms with Crippen molar-refractivity contribution in [1.82, 2.24) is 10.3 Å². The fourth-order valence-corrected chi connectivity index (χ4v) is 2.39. The first-order chi connectivity index (χ1) is 7.77. The first-order valence-electron chi connectivity index (χ1n) is 6.09. The second-order valence-corrected chi connectivity index (χ2v) is 4.78. The normalized spacial score (nSPS) is 17.4. The second kappa shape index (κ2) is 5.30. The molecule has 0 spiro atoms. The lowest BCUT2D eigenvalue weighted by Gasteiger charge is -2.24. The Bertz CT molecular complexity index is 330. The van der Waals surface area contributed by atoms with E-state index in [-0.39, 0.29) is 0 Å². The standard InChI is InChI=1S/C13H21N3/c1-16(2)13-12(4-3-7-15-13)10-11-5-8-14-9-6-11/h3-4,7,11,14H,5-6,8-10H2,1-2H3. The lowest BCUT2D eigenvalue weighted by atomic mass is 9.91. The summed E-state index contributed by atoms with van der Waals surface area (Å²) in [6, 6.07) is 4.26. The van der Waals surface area contributed by atoms with Gasteiger partial charge in [0.15, 0.2) is 0 Å². The summed E-state index contributed by atoms with van der Waals surface area (Å²) in [4.78, 5) is 6.56. The third kappa shape index (κ3) is 2.73. The van der Waals surface area contributed by atoms with Crippen LogP contribution in [0, 0.1) is 5.92 Å². The van der Waals surface area contributed by atoms with Crippen molar-refractivity contribution in [2.75, 3.05) is 32.1 Å². The minimum atomic E-state index is 0.823. The van der Waals surface area contributed by atoms with Crippen LogP contribution in [-0.2, 0) is 6.42 Å². The molecule has 0 aromatic carbocycles. The fraction of sp³-hybridized carbons (Fsp3) is 0.615. The summed E-state index contributed by atoms with van der Waals surface area (Å²) in [5.74, 6) is 1.95. The minimum absolute atomic E-state index is 0.823. The van der Waals surface area contributed by atoms with Gasteiger partial charge in [-0.3, -0.25) is 0 Å². The highest BCUT2D eigenvalue weighted by Crippen LogP contribution is 2.23. The smallest absolute Gasteiger partial charge is 0.131 e. The third-order valence-electron chi connectivity index (χ3n) is 3.26. The molecule has 0 aliphatic carbocycles. The van der Waals surface area contributed by atoms with Crippen molar-refractivity contribution in [3.63, 3.8) is 0 Å². The Morgan fingerprint density at radius 1 is 1.38 bits per heavy atom. The molecule has 1 N–H and O–H groups in total. The van der Waals surface area contributed by atoms with E-state index in [0.717, 1.165) is 11.7 Å². The van der Waals surface area contributed by atoms with Gasteiger partial charge in [0.1, 0.15) is 5.82 Å². The minimum Gasteiger partial charge on any atom is -0.363 e. The van der Waals surface area contributed by atoms with Gasteiger partial charge in [-0.15, -0.1) is 0 Å². The number of hydrogen-bond donors (Lipinski definition) is 1. The summed E-state index contributed by atoms with van der Waals surface area (Å²) in [7, 11) is 4.13. The molecule has 0 saturated carbocycles. The number of piperidine rings is 1. The first-order valence-corrected chi connectivity index (χ1v) is 6.09. The SMILES string of the molecule is CN(C)c1ncccc1CC1CCNCC1.